The largest absolute Gasteiger partial charge is 0.392 e. The molecule has 1 fully saturated rings. The van der Waals surface area contributed by atoms with Gasteiger partial charge in [0.25, 0.3) is 0 Å². The quantitative estimate of drug-likeness (QED) is 0.628. The Hall–Kier alpha value is -0.0800. The van der Waals surface area contributed by atoms with Gasteiger partial charge in [-0.15, -0.1) is 0 Å². The van der Waals surface area contributed by atoms with Crippen LogP contribution in [0.4, 0.5) is 0 Å². The first-order valence-electron chi connectivity index (χ1n) is 4.62. The van der Waals surface area contributed by atoms with Crippen molar-refractivity contribution in [1.29, 1.82) is 0 Å². The van der Waals surface area contributed by atoms with Crippen LogP contribution in [0.5, 0.6) is 0 Å². The molecule has 0 bridgehead atoms. The van der Waals surface area contributed by atoms with E-state index in [0.29, 0.717) is 6.54 Å². The predicted octanol–water partition coefficient (Wildman–Crippen LogP) is 1.13. The van der Waals surface area contributed by atoms with Crippen molar-refractivity contribution in [3.05, 3.63) is 0 Å². The molecule has 2 nitrogen and oxygen atoms in total. The lowest BCUT2D eigenvalue weighted by atomic mass is 9.98. The molecule has 0 radical (unpaired) electrons. The average molecular weight is 157 g/mol. The molecule has 0 aromatic carbocycles. The Labute approximate surface area is 68.8 Å². The molecule has 1 rings (SSSR count). The highest BCUT2D eigenvalue weighted by Gasteiger charge is 2.27. The SMILES string of the molecule is CC(CCC(O)CN)C1CC1. The Morgan fingerprint density at radius 3 is 2.55 bits per heavy atom. The maximum absolute atomic E-state index is 9.18. The highest BCUT2D eigenvalue weighted by molar-refractivity contribution is 4.79. The molecule has 66 valence electrons. The van der Waals surface area contributed by atoms with Crippen molar-refractivity contribution in [3.8, 4) is 0 Å². The second-order valence-electron chi connectivity index (χ2n) is 3.78. The third kappa shape index (κ3) is 3.21. The van der Waals surface area contributed by atoms with Crippen LogP contribution in [0.2, 0.25) is 0 Å². The van der Waals surface area contributed by atoms with Crippen molar-refractivity contribution in [3.63, 3.8) is 0 Å². The van der Waals surface area contributed by atoms with Crippen LogP contribution >= 0.6 is 0 Å². The van der Waals surface area contributed by atoms with Gasteiger partial charge in [-0.05, 0) is 37.5 Å². The van der Waals surface area contributed by atoms with Crippen molar-refractivity contribution in [2.24, 2.45) is 17.6 Å². The van der Waals surface area contributed by atoms with Gasteiger partial charge in [-0.25, -0.2) is 0 Å². The second kappa shape index (κ2) is 4.07. The molecule has 2 atom stereocenters. The van der Waals surface area contributed by atoms with Gasteiger partial charge in [-0.3, -0.25) is 0 Å². The van der Waals surface area contributed by atoms with Crippen LogP contribution in [0.15, 0.2) is 0 Å². The van der Waals surface area contributed by atoms with E-state index in [-0.39, 0.29) is 6.10 Å². The smallest absolute Gasteiger partial charge is 0.0662 e. The van der Waals surface area contributed by atoms with Gasteiger partial charge >= 0.3 is 0 Å². The molecule has 3 N–H and O–H groups in total. The Bertz CT molecular complexity index is 112. The molecule has 1 aliphatic carbocycles. The molecule has 0 spiro atoms. The van der Waals surface area contributed by atoms with Crippen molar-refractivity contribution < 1.29 is 5.11 Å². The number of hydrogen-bond donors (Lipinski definition) is 2. The predicted molar refractivity (Wildman–Crippen MR) is 46.2 cm³/mol. The minimum Gasteiger partial charge on any atom is -0.392 e. The average Bonchev–Trinajstić information content (AvgIpc) is 2.81. The molecule has 0 heterocycles. The molecule has 0 aliphatic heterocycles. The Morgan fingerprint density at radius 1 is 1.45 bits per heavy atom. The zero-order valence-corrected chi connectivity index (χ0v) is 7.29. The molecular formula is C9H19NO. The standard InChI is InChI=1S/C9H19NO/c1-7(8-3-4-8)2-5-9(11)6-10/h7-9,11H,2-6,10H2,1H3. The second-order valence-corrected chi connectivity index (χ2v) is 3.78. The first-order valence-corrected chi connectivity index (χ1v) is 4.62. The number of aliphatic hydroxyl groups is 1. The first kappa shape index (κ1) is 9.01. The van der Waals surface area contributed by atoms with E-state index >= 15 is 0 Å². The topological polar surface area (TPSA) is 46.2 Å². The summed E-state index contributed by atoms with van der Waals surface area (Å²) in [6.45, 7) is 2.69. The summed E-state index contributed by atoms with van der Waals surface area (Å²) < 4.78 is 0. The van der Waals surface area contributed by atoms with Crippen LogP contribution in [-0.2, 0) is 0 Å². The molecule has 0 amide bonds. The Balaban J connectivity index is 2.00. The summed E-state index contributed by atoms with van der Waals surface area (Å²) in [5.41, 5.74) is 5.30. The molecule has 0 aromatic heterocycles. The van der Waals surface area contributed by atoms with Crippen LogP contribution < -0.4 is 5.73 Å². The van der Waals surface area contributed by atoms with Gasteiger partial charge in [0.2, 0.25) is 0 Å². The third-order valence-corrected chi connectivity index (χ3v) is 2.65. The highest BCUT2D eigenvalue weighted by atomic mass is 16.3. The van der Waals surface area contributed by atoms with Crippen LogP contribution in [-0.4, -0.2) is 17.8 Å². The zero-order chi connectivity index (χ0) is 8.27. The molecule has 1 saturated carbocycles. The number of aliphatic hydroxyl groups excluding tert-OH is 1. The summed E-state index contributed by atoms with van der Waals surface area (Å²) in [5.74, 6) is 1.76. The van der Waals surface area contributed by atoms with Gasteiger partial charge in [0.1, 0.15) is 0 Å². The minimum atomic E-state index is -0.267. The summed E-state index contributed by atoms with van der Waals surface area (Å²) in [4.78, 5) is 0. The lowest BCUT2D eigenvalue weighted by Gasteiger charge is -2.12. The lowest BCUT2D eigenvalue weighted by Crippen LogP contribution is -2.20. The first-order chi connectivity index (χ1) is 5.24. The molecule has 0 saturated heterocycles. The van der Waals surface area contributed by atoms with Crippen molar-refractivity contribution >= 4 is 0 Å². The van der Waals surface area contributed by atoms with E-state index in [2.05, 4.69) is 6.92 Å². The maximum atomic E-state index is 9.18. The molecule has 1 aliphatic rings. The number of rotatable bonds is 5. The van der Waals surface area contributed by atoms with E-state index in [0.717, 1.165) is 24.7 Å². The monoisotopic (exact) mass is 157 g/mol. The van der Waals surface area contributed by atoms with Gasteiger partial charge in [0.05, 0.1) is 6.10 Å². The minimum absolute atomic E-state index is 0.267. The van der Waals surface area contributed by atoms with Crippen LogP contribution in [0, 0.1) is 11.8 Å². The van der Waals surface area contributed by atoms with Crippen LogP contribution in [0.3, 0.4) is 0 Å². The van der Waals surface area contributed by atoms with Crippen molar-refractivity contribution in [2.45, 2.75) is 38.7 Å². The van der Waals surface area contributed by atoms with E-state index < -0.39 is 0 Å². The van der Waals surface area contributed by atoms with Crippen LogP contribution in [0.1, 0.15) is 32.6 Å². The van der Waals surface area contributed by atoms with E-state index in [4.69, 9.17) is 5.73 Å². The fraction of sp³-hybridized carbons (Fsp3) is 1.00. The van der Waals surface area contributed by atoms with E-state index in [1.165, 1.54) is 12.8 Å². The summed E-state index contributed by atoms with van der Waals surface area (Å²) in [6.07, 6.45) is 4.56. The Kier molecular flexibility index (Phi) is 3.34. The molecule has 0 aromatic rings. The van der Waals surface area contributed by atoms with Gasteiger partial charge < -0.3 is 10.8 Å². The molecule has 2 heteroatoms. The fourth-order valence-corrected chi connectivity index (χ4v) is 1.47. The summed E-state index contributed by atoms with van der Waals surface area (Å²) in [6, 6.07) is 0. The molecular weight excluding hydrogens is 138 g/mol. The summed E-state index contributed by atoms with van der Waals surface area (Å²) in [5, 5.41) is 9.18. The summed E-state index contributed by atoms with van der Waals surface area (Å²) >= 11 is 0. The molecule has 11 heavy (non-hydrogen) atoms. The van der Waals surface area contributed by atoms with E-state index in [1.54, 1.807) is 0 Å². The van der Waals surface area contributed by atoms with Gasteiger partial charge in [-0.2, -0.15) is 0 Å². The fourth-order valence-electron chi connectivity index (χ4n) is 1.47. The maximum Gasteiger partial charge on any atom is 0.0662 e. The zero-order valence-electron chi connectivity index (χ0n) is 7.29. The van der Waals surface area contributed by atoms with E-state index in [1.807, 2.05) is 0 Å². The van der Waals surface area contributed by atoms with E-state index in [9.17, 15) is 5.11 Å². The van der Waals surface area contributed by atoms with Gasteiger partial charge in [-0.1, -0.05) is 6.92 Å². The van der Waals surface area contributed by atoms with Crippen molar-refractivity contribution in [2.75, 3.05) is 6.54 Å². The lowest BCUT2D eigenvalue weighted by molar-refractivity contribution is 0.161. The summed E-state index contributed by atoms with van der Waals surface area (Å²) in [7, 11) is 0. The number of hydrogen-bond acceptors (Lipinski definition) is 2. The third-order valence-electron chi connectivity index (χ3n) is 2.65. The number of nitrogens with two attached hydrogens (primary N) is 1. The van der Waals surface area contributed by atoms with Gasteiger partial charge in [0, 0.05) is 6.54 Å². The molecule has 2 unspecified atom stereocenters. The normalized spacial score (nSPS) is 23.2. The Morgan fingerprint density at radius 2 is 2.09 bits per heavy atom. The van der Waals surface area contributed by atoms with Crippen LogP contribution in [0.25, 0.3) is 0 Å². The van der Waals surface area contributed by atoms with Gasteiger partial charge in [0.15, 0.2) is 0 Å². The van der Waals surface area contributed by atoms with Crippen molar-refractivity contribution in [1.82, 2.24) is 0 Å². The highest BCUT2D eigenvalue weighted by Crippen LogP contribution is 2.38.